The molecule has 0 amide bonds. The summed E-state index contributed by atoms with van der Waals surface area (Å²) in [5, 5.41) is 12.2. The highest BCUT2D eigenvalue weighted by Gasteiger charge is 2.13. The van der Waals surface area contributed by atoms with Crippen LogP contribution in [0.2, 0.25) is 0 Å². The second-order valence-corrected chi connectivity index (χ2v) is 5.29. The fraction of sp³-hybridized carbons (Fsp3) is 0.300. The summed E-state index contributed by atoms with van der Waals surface area (Å²) in [6, 6.07) is 4.07. The molecule has 2 nitrogen and oxygen atoms in total. The minimum Gasteiger partial charge on any atom is -0.386 e. The number of hydrogen-bond acceptors (Lipinski definition) is 4. The van der Waals surface area contributed by atoms with Crippen LogP contribution in [0.15, 0.2) is 17.5 Å². The van der Waals surface area contributed by atoms with Crippen molar-refractivity contribution in [1.29, 1.82) is 0 Å². The predicted octanol–water partition coefficient (Wildman–Crippen LogP) is 3.23. The van der Waals surface area contributed by atoms with Gasteiger partial charge in [0.2, 0.25) is 0 Å². The van der Waals surface area contributed by atoms with Gasteiger partial charge in [0.05, 0.1) is 10.6 Å². The first-order chi connectivity index (χ1) is 6.68. The lowest BCUT2D eigenvalue weighted by molar-refractivity contribution is 0.199. The van der Waals surface area contributed by atoms with Gasteiger partial charge in [-0.05, 0) is 25.3 Å². The highest BCUT2D eigenvalue weighted by Crippen LogP contribution is 2.32. The summed E-state index contributed by atoms with van der Waals surface area (Å²) >= 11 is 3.24. The molecule has 0 saturated heterocycles. The van der Waals surface area contributed by atoms with Crippen molar-refractivity contribution in [3.8, 4) is 10.6 Å². The summed E-state index contributed by atoms with van der Waals surface area (Å²) in [6.07, 6.45) is -0.465. The van der Waals surface area contributed by atoms with Crippen molar-refractivity contribution in [2.45, 2.75) is 20.0 Å². The molecule has 2 rings (SSSR count). The molecule has 0 saturated carbocycles. The lowest BCUT2D eigenvalue weighted by atomic mass is 10.3. The van der Waals surface area contributed by atoms with Crippen molar-refractivity contribution in [3.63, 3.8) is 0 Å². The Kier molecular flexibility index (Phi) is 2.67. The number of aromatic nitrogens is 1. The Morgan fingerprint density at radius 2 is 2.29 bits per heavy atom. The fourth-order valence-corrected chi connectivity index (χ4v) is 2.95. The number of rotatable bonds is 2. The van der Waals surface area contributed by atoms with Gasteiger partial charge in [0.1, 0.15) is 11.1 Å². The first kappa shape index (κ1) is 9.83. The van der Waals surface area contributed by atoms with E-state index in [1.54, 1.807) is 29.6 Å². The summed E-state index contributed by atoms with van der Waals surface area (Å²) in [5.41, 5.74) is 1.01. The van der Waals surface area contributed by atoms with Crippen molar-refractivity contribution in [3.05, 3.63) is 27.4 Å². The largest absolute Gasteiger partial charge is 0.386 e. The Labute approximate surface area is 90.9 Å². The minimum atomic E-state index is -0.465. The summed E-state index contributed by atoms with van der Waals surface area (Å²) in [5.74, 6) is 0. The molecular weight excluding hydrogens is 214 g/mol. The molecule has 2 aromatic rings. The minimum absolute atomic E-state index is 0.465. The standard InChI is InChI=1S/C10H11NOS2/c1-6(12)10-11-9(7(2)14-10)8-4-3-5-13-8/h3-6,12H,1-2H3. The van der Waals surface area contributed by atoms with Crippen molar-refractivity contribution < 1.29 is 5.11 Å². The van der Waals surface area contributed by atoms with Crippen LogP contribution in [0, 0.1) is 6.92 Å². The van der Waals surface area contributed by atoms with Crippen LogP contribution in [0.1, 0.15) is 22.9 Å². The molecular formula is C10H11NOS2. The SMILES string of the molecule is Cc1sc(C(C)O)nc1-c1cccs1. The highest BCUT2D eigenvalue weighted by atomic mass is 32.1. The number of thiazole rings is 1. The third-order valence-electron chi connectivity index (χ3n) is 1.93. The molecule has 0 fully saturated rings. The number of thiophene rings is 1. The molecule has 2 aromatic heterocycles. The average Bonchev–Trinajstić information content (AvgIpc) is 2.71. The molecule has 0 aromatic carbocycles. The molecule has 0 bridgehead atoms. The van der Waals surface area contributed by atoms with Crippen LogP contribution in [0.4, 0.5) is 0 Å². The molecule has 0 aliphatic heterocycles. The quantitative estimate of drug-likeness (QED) is 0.851. The van der Waals surface area contributed by atoms with Gasteiger partial charge >= 0.3 is 0 Å². The van der Waals surface area contributed by atoms with Gasteiger partial charge in [-0.25, -0.2) is 4.98 Å². The van der Waals surface area contributed by atoms with Gasteiger partial charge in [0.25, 0.3) is 0 Å². The highest BCUT2D eigenvalue weighted by molar-refractivity contribution is 7.15. The van der Waals surface area contributed by atoms with E-state index in [9.17, 15) is 5.11 Å². The molecule has 0 aliphatic rings. The Hall–Kier alpha value is -0.710. The number of aryl methyl sites for hydroxylation is 1. The number of aliphatic hydroxyl groups is 1. The molecule has 0 aliphatic carbocycles. The Balaban J connectivity index is 2.45. The van der Waals surface area contributed by atoms with E-state index in [-0.39, 0.29) is 0 Å². The molecule has 0 radical (unpaired) electrons. The summed E-state index contributed by atoms with van der Waals surface area (Å²) in [4.78, 5) is 6.77. The predicted molar refractivity (Wildman–Crippen MR) is 60.8 cm³/mol. The monoisotopic (exact) mass is 225 g/mol. The van der Waals surface area contributed by atoms with E-state index in [1.807, 2.05) is 18.4 Å². The van der Waals surface area contributed by atoms with Crippen molar-refractivity contribution in [2.75, 3.05) is 0 Å². The third-order valence-corrected chi connectivity index (χ3v) is 3.94. The van der Waals surface area contributed by atoms with Crippen LogP contribution < -0.4 is 0 Å². The van der Waals surface area contributed by atoms with Gasteiger partial charge in [-0.15, -0.1) is 22.7 Å². The van der Waals surface area contributed by atoms with E-state index < -0.39 is 6.10 Å². The van der Waals surface area contributed by atoms with Gasteiger partial charge < -0.3 is 5.11 Å². The second kappa shape index (κ2) is 3.81. The van der Waals surface area contributed by atoms with E-state index in [1.165, 1.54) is 9.75 Å². The van der Waals surface area contributed by atoms with Crippen LogP contribution in [0.5, 0.6) is 0 Å². The number of aliphatic hydroxyl groups excluding tert-OH is 1. The zero-order chi connectivity index (χ0) is 10.1. The number of hydrogen-bond donors (Lipinski definition) is 1. The molecule has 1 N–H and O–H groups in total. The average molecular weight is 225 g/mol. The van der Waals surface area contributed by atoms with Crippen molar-refractivity contribution >= 4 is 22.7 Å². The van der Waals surface area contributed by atoms with Crippen LogP contribution >= 0.6 is 22.7 Å². The van der Waals surface area contributed by atoms with Crippen LogP contribution in [0.3, 0.4) is 0 Å². The second-order valence-electron chi connectivity index (χ2n) is 3.11. The van der Waals surface area contributed by atoms with E-state index in [0.717, 1.165) is 10.7 Å². The molecule has 4 heteroatoms. The molecule has 2 heterocycles. The number of nitrogens with zero attached hydrogens (tertiary/aromatic N) is 1. The lowest BCUT2D eigenvalue weighted by Gasteiger charge is -1.95. The zero-order valence-corrected chi connectivity index (χ0v) is 9.65. The van der Waals surface area contributed by atoms with Gasteiger partial charge in [-0.3, -0.25) is 0 Å². The fourth-order valence-electron chi connectivity index (χ4n) is 1.24. The maximum atomic E-state index is 9.41. The molecule has 1 atom stereocenters. The van der Waals surface area contributed by atoms with Crippen LogP contribution in [-0.4, -0.2) is 10.1 Å². The first-order valence-corrected chi connectivity index (χ1v) is 6.07. The van der Waals surface area contributed by atoms with E-state index in [2.05, 4.69) is 11.1 Å². The Bertz CT molecular complexity index is 417. The van der Waals surface area contributed by atoms with Gasteiger partial charge in [-0.2, -0.15) is 0 Å². The van der Waals surface area contributed by atoms with Crippen LogP contribution in [-0.2, 0) is 0 Å². The molecule has 1 unspecified atom stereocenters. The summed E-state index contributed by atoms with van der Waals surface area (Å²) in [6.45, 7) is 3.79. The van der Waals surface area contributed by atoms with Gasteiger partial charge in [0.15, 0.2) is 0 Å². The van der Waals surface area contributed by atoms with Crippen molar-refractivity contribution in [1.82, 2.24) is 4.98 Å². The maximum absolute atomic E-state index is 9.41. The Morgan fingerprint density at radius 3 is 2.79 bits per heavy atom. The van der Waals surface area contributed by atoms with E-state index >= 15 is 0 Å². The molecule has 0 spiro atoms. The van der Waals surface area contributed by atoms with E-state index in [4.69, 9.17) is 0 Å². The molecule has 74 valence electrons. The van der Waals surface area contributed by atoms with Crippen LogP contribution in [0.25, 0.3) is 10.6 Å². The van der Waals surface area contributed by atoms with Gasteiger partial charge in [-0.1, -0.05) is 6.07 Å². The lowest BCUT2D eigenvalue weighted by Crippen LogP contribution is -1.88. The summed E-state index contributed by atoms with van der Waals surface area (Å²) < 4.78 is 0. The topological polar surface area (TPSA) is 33.1 Å². The van der Waals surface area contributed by atoms with E-state index in [0.29, 0.717) is 0 Å². The van der Waals surface area contributed by atoms with Gasteiger partial charge in [0, 0.05) is 4.88 Å². The maximum Gasteiger partial charge on any atom is 0.122 e. The third kappa shape index (κ3) is 1.73. The molecule has 14 heavy (non-hydrogen) atoms. The Morgan fingerprint density at radius 1 is 1.50 bits per heavy atom. The van der Waals surface area contributed by atoms with Crippen molar-refractivity contribution in [2.24, 2.45) is 0 Å². The normalized spacial score (nSPS) is 13.1. The summed E-state index contributed by atoms with van der Waals surface area (Å²) in [7, 11) is 0. The first-order valence-electron chi connectivity index (χ1n) is 4.37. The smallest absolute Gasteiger partial charge is 0.122 e. The zero-order valence-electron chi connectivity index (χ0n) is 8.02.